The molecule has 0 aliphatic heterocycles. The molecular formula is C18H32O4SSi. The fraction of sp³-hybridized carbons (Fsp3) is 0.667. The van der Waals surface area contributed by atoms with Gasteiger partial charge in [0.2, 0.25) is 0 Å². The topological polar surface area (TPSA) is 52.6 Å². The summed E-state index contributed by atoms with van der Waals surface area (Å²) >= 11 is 0. The quantitative estimate of drug-likeness (QED) is 0.352. The first-order valence-corrected chi connectivity index (χ1v) is 12.9. The second-order valence-corrected chi connectivity index (χ2v) is 14.2. The van der Waals surface area contributed by atoms with E-state index in [0.717, 1.165) is 25.0 Å². The van der Waals surface area contributed by atoms with E-state index < -0.39 is 18.4 Å². The number of hydrogen-bond donors (Lipinski definition) is 0. The maximum atomic E-state index is 12.0. The average Bonchev–Trinajstić information content (AvgIpc) is 2.45. The van der Waals surface area contributed by atoms with Crippen LogP contribution in [0.1, 0.15) is 45.6 Å². The molecular weight excluding hydrogens is 340 g/mol. The molecule has 0 aliphatic rings. The number of rotatable bonds is 9. The predicted octanol–water partition coefficient (Wildman–Crippen LogP) is 4.89. The number of unbranched alkanes of at least 4 members (excludes halogenated alkanes) is 2. The molecule has 0 unspecified atom stereocenters. The van der Waals surface area contributed by atoms with Gasteiger partial charge in [0.05, 0.1) is 11.5 Å². The number of aryl methyl sites for hydroxylation is 1. The van der Waals surface area contributed by atoms with Crippen LogP contribution in [0, 0.1) is 6.92 Å². The van der Waals surface area contributed by atoms with Crippen molar-refractivity contribution in [1.82, 2.24) is 0 Å². The van der Waals surface area contributed by atoms with Crippen LogP contribution in [0.25, 0.3) is 0 Å². The summed E-state index contributed by atoms with van der Waals surface area (Å²) in [4.78, 5) is 0.217. The fourth-order valence-corrected chi connectivity index (χ4v) is 3.90. The summed E-state index contributed by atoms with van der Waals surface area (Å²) in [6, 6.07) is 6.71. The Hall–Kier alpha value is -0.693. The van der Waals surface area contributed by atoms with E-state index >= 15 is 0 Å². The van der Waals surface area contributed by atoms with Gasteiger partial charge in [-0.15, -0.1) is 0 Å². The van der Waals surface area contributed by atoms with Gasteiger partial charge in [0.15, 0.2) is 8.32 Å². The highest BCUT2D eigenvalue weighted by molar-refractivity contribution is 7.86. The average molecular weight is 373 g/mol. The fourth-order valence-electron chi connectivity index (χ4n) is 1.87. The summed E-state index contributed by atoms with van der Waals surface area (Å²) in [7, 11) is -5.32. The summed E-state index contributed by atoms with van der Waals surface area (Å²) in [6.45, 7) is 14.0. The zero-order valence-electron chi connectivity index (χ0n) is 15.9. The molecule has 0 radical (unpaired) electrons. The molecule has 4 nitrogen and oxygen atoms in total. The van der Waals surface area contributed by atoms with Crippen molar-refractivity contribution in [2.75, 3.05) is 13.2 Å². The summed E-state index contributed by atoms with van der Waals surface area (Å²) in [6.07, 6.45) is 2.55. The highest BCUT2D eigenvalue weighted by Gasteiger charge is 2.36. The van der Waals surface area contributed by atoms with Gasteiger partial charge in [0.1, 0.15) is 0 Å². The minimum Gasteiger partial charge on any atom is -0.417 e. The van der Waals surface area contributed by atoms with Gasteiger partial charge in [-0.3, -0.25) is 4.18 Å². The lowest BCUT2D eigenvalue weighted by Gasteiger charge is -2.36. The SMILES string of the molecule is Cc1ccc(S(=O)(=O)OCCCCCO[Si](C)(C)C(C)(C)C)cc1. The van der Waals surface area contributed by atoms with Gasteiger partial charge in [-0.25, -0.2) is 0 Å². The largest absolute Gasteiger partial charge is 0.417 e. The molecule has 0 spiro atoms. The number of hydrogen-bond acceptors (Lipinski definition) is 4. The Morgan fingerprint density at radius 1 is 0.958 bits per heavy atom. The lowest BCUT2D eigenvalue weighted by molar-refractivity contribution is 0.265. The Labute approximate surface area is 148 Å². The van der Waals surface area contributed by atoms with Crippen molar-refractivity contribution < 1.29 is 17.0 Å². The van der Waals surface area contributed by atoms with E-state index in [0.29, 0.717) is 6.42 Å². The lowest BCUT2D eigenvalue weighted by Crippen LogP contribution is -2.40. The van der Waals surface area contributed by atoms with E-state index in [9.17, 15) is 8.42 Å². The minimum absolute atomic E-state index is 0.217. The molecule has 0 saturated carbocycles. The Bertz CT molecular complexity index is 601. The maximum Gasteiger partial charge on any atom is 0.296 e. The normalized spacial score (nSPS) is 13.2. The Morgan fingerprint density at radius 3 is 2.04 bits per heavy atom. The van der Waals surface area contributed by atoms with Crippen LogP contribution >= 0.6 is 0 Å². The zero-order chi connectivity index (χ0) is 18.4. The summed E-state index contributed by atoms with van der Waals surface area (Å²) in [5, 5.41) is 0.220. The highest BCUT2D eigenvalue weighted by Crippen LogP contribution is 2.36. The second kappa shape index (κ2) is 8.60. The van der Waals surface area contributed by atoms with Crippen LogP contribution in [0.4, 0.5) is 0 Å². The van der Waals surface area contributed by atoms with E-state index in [1.165, 1.54) is 0 Å². The van der Waals surface area contributed by atoms with Crippen LogP contribution in [0.5, 0.6) is 0 Å². The highest BCUT2D eigenvalue weighted by atomic mass is 32.2. The number of benzene rings is 1. The van der Waals surface area contributed by atoms with Gasteiger partial charge in [-0.1, -0.05) is 38.5 Å². The van der Waals surface area contributed by atoms with Crippen LogP contribution in [0.15, 0.2) is 29.2 Å². The first-order chi connectivity index (χ1) is 11.0. The van der Waals surface area contributed by atoms with Gasteiger partial charge in [0, 0.05) is 6.61 Å². The third kappa shape index (κ3) is 6.67. The molecule has 138 valence electrons. The molecule has 0 atom stereocenters. The lowest BCUT2D eigenvalue weighted by atomic mass is 10.2. The Morgan fingerprint density at radius 2 is 1.50 bits per heavy atom. The minimum atomic E-state index is -3.64. The third-order valence-corrected chi connectivity index (χ3v) is 10.5. The van der Waals surface area contributed by atoms with Crippen molar-refractivity contribution >= 4 is 18.4 Å². The van der Waals surface area contributed by atoms with Crippen LogP contribution in [0.3, 0.4) is 0 Å². The van der Waals surface area contributed by atoms with E-state index in [1.54, 1.807) is 24.3 Å². The molecule has 6 heteroatoms. The Balaban J connectivity index is 2.26. The van der Waals surface area contributed by atoms with Gasteiger partial charge in [0.25, 0.3) is 10.1 Å². The molecule has 1 aromatic rings. The molecule has 0 fully saturated rings. The van der Waals surface area contributed by atoms with E-state index in [2.05, 4.69) is 33.9 Å². The molecule has 0 saturated heterocycles. The van der Waals surface area contributed by atoms with Crippen LogP contribution in [-0.2, 0) is 18.7 Å². The smallest absolute Gasteiger partial charge is 0.296 e. The molecule has 1 aromatic carbocycles. The van der Waals surface area contributed by atoms with Crippen LogP contribution < -0.4 is 0 Å². The molecule has 0 N–H and O–H groups in total. The van der Waals surface area contributed by atoms with Gasteiger partial charge < -0.3 is 4.43 Å². The summed E-state index contributed by atoms with van der Waals surface area (Å²) < 4.78 is 35.3. The van der Waals surface area contributed by atoms with Crippen molar-refractivity contribution in [3.8, 4) is 0 Å². The molecule has 0 aliphatic carbocycles. The van der Waals surface area contributed by atoms with Crippen molar-refractivity contribution in [2.24, 2.45) is 0 Å². The first kappa shape index (κ1) is 21.3. The molecule has 0 bridgehead atoms. The van der Waals surface area contributed by atoms with Gasteiger partial charge >= 0.3 is 0 Å². The molecule has 1 rings (SSSR count). The van der Waals surface area contributed by atoms with E-state index in [4.69, 9.17) is 8.61 Å². The zero-order valence-corrected chi connectivity index (χ0v) is 17.7. The predicted molar refractivity (Wildman–Crippen MR) is 101 cm³/mol. The monoisotopic (exact) mass is 372 g/mol. The molecule has 0 heterocycles. The summed E-state index contributed by atoms with van der Waals surface area (Å²) in [5.74, 6) is 0. The third-order valence-electron chi connectivity index (χ3n) is 4.61. The van der Waals surface area contributed by atoms with Crippen molar-refractivity contribution in [2.45, 2.75) is 70.0 Å². The molecule has 0 aromatic heterocycles. The van der Waals surface area contributed by atoms with Crippen molar-refractivity contribution in [1.29, 1.82) is 0 Å². The van der Waals surface area contributed by atoms with Gasteiger partial charge in [-0.05, 0) is 56.5 Å². The maximum absolute atomic E-state index is 12.0. The second-order valence-electron chi connectivity index (χ2n) is 7.76. The van der Waals surface area contributed by atoms with Gasteiger partial charge in [-0.2, -0.15) is 8.42 Å². The van der Waals surface area contributed by atoms with Crippen molar-refractivity contribution in [3.63, 3.8) is 0 Å². The first-order valence-electron chi connectivity index (χ1n) is 8.56. The molecule has 0 amide bonds. The summed E-state index contributed by atoms with van der Waals surface area (Å²) in [5.41, 5.74) is 1.02. The molecule has 24 heavy (non-hydrogen) atoms. The van der Waals surface area contributed by atoms with Crippen LogP contribution in [0.2, 0.25) is 18.1 Å². The van der Waals surface area contributed by atoms with E-state index in [-0.39, 0.29) is 16.5 Å². The standard InChI is InChI=1S/C18H32O4SSi/c1-16-10-12-17(13-11-16)23(19,20)21-14-8-7-9-15-22-24(5,6)18(2,3)4/h10-13H,7-9,14-15H2,1-6H3. The van der Waals surface area contributed by atoms with E-state index in [1.807, 2.05) is 6.92 Å². The Kier molecular flexibility index (Phi) is 7.65. The van der Waals surface area contributed by atoms with Crippen LogP contribution in [-0.4, -0.2) is 29.9 Å². The van der Waals surface area contributed by atoms with Crippen molar-refractivity contribution in [3.05, 3.63) is 29.8 Å².